The number of anilines is 1. The molecule has 0 aliphatic heterocycles. The Labute approximate surface area is 196 Å². The predicted octanol–water partition coefficient (Wildman–Crippen LogP) is 3.36. The summed E-state index contributed by atoms with van der Waals surface area (Å²) in [6.07, 6.45) is 5.77. The van der Waals surface area contributed by atoms with Gasteiger partial charge in [0.25, 0.3) is 5.91 Å². The second-order valence-electron chi connectivity index (χ2n) is 8.36. The third-order valence-electron chi connectivity index (χ3n) is 6.16. The molecule has 0 spiro atoms. The molecule has 0 radical (unpaired) electrons. The van der Waals surface area contributed by atoms with Crippen molar-refractivity contribution in [3.63, 3.8) is 0 Å². The SMILES string of the molecule is N=Cc1ccc(F)c(-c2cccc(C(=O)Nc3cnccc3[C@H]3C[C@@H](N)[C@@H](O)[C@@H](C=N)C3)n2)c1. The molecule has 174 valence electrons. The number of aromatic nitrogens is 2. The van der Waals surface area contributed by atoms with Crippen LogP contribution in [0.25, 0.3) is 11.3 Å². The zero-order valence-electron chi connectivity index (χ0n) is 18.3. The minimum absolute atomic E-state index is 0.0689. The fourth-order valence-electron chi connectivity index (χ4n) is 4.36. The molecule has 1 saturated carbocycles. The number of carbonyl (C=O) groups excluding carboxylic acids is 1. The Bertz CT molecular complexity index is 1230. The number of benzene rings is 1. The van der Waals surface area contributed by atoms with Crippen LogP contribution < -0.4 is 11.1 Å². The molecule has 2 heterocycles. The van der Waals surface area contributed by atoms with Crippen LogP contribution >= 0.6 is 0 Å². The van der Waals surface area contributed by atoms with E-state index in [0.717, 1.165) is 11.8 Å². The van der Waals surface area contributed by atoms with E-state index in [4.69, 9.17) is 16.6 Å². The smallest absolute Gasteiger partial charge is 0.274 e. The topological polar surface area (TPSA) is 149 Å². The van der Waals surface area contributed by atoms with E-state index in [-0.39, 0.29) is 28.8 Å². The molecule has 34 heavy (non-hydrogen) atoms. The highest BCUT2D eigenvalue weighted by Gasteiger charge is 2.35. The number of carbonyl (C=O) groups is 1. The number of nitrogens with two attached hydrogens (primary N) is 1. The van der Waals surface area contributed by atoms with Crippen LogP contribution in [0.4, 0.5) is 10.1 Å². The lowest BCUT2D eigenvalue weighted by atomic mass is 9.74. The summed E-state index contributed by atoms with van der Waals surface area (Å²) < 4.78 is 14.4. The summed E-state index contributed by atoms with van der Waals surface area (Å²) in [5.74, 6) is -1.42. The third kappa shape index (κ3) is 4.75. The van der Waals surface area contributed by atoms with Crippen LogP contribution in [0.1, 0.15) is 40.4 Å². The minimum atomic E-state index is -0.771. The van der Waals surface area contributed by atoms with Gasteiger partial charge in [-0.25, -0.2) is 9.37 Å². The van der Waals surface area contributed by atoms with Crippen LogP contribution in [0.3, 0.4) is 0 Å². The second kappa shape index (κ2) is 9.98. The van der Waals surface area contributed by atoms with E-state index in [1.54, 1.807) is 30.6 Å². The first kappa shape index (κ1) is 23.3. The lowest BCUT2D eigenvalue weighted by Gasteiger charge is -2.36. The monoisotopic (exact) mass is 460 g/mol. The fraction of sp³-hybridized carbons (Fsp3) is 0.240. The number of nitrogens with zero attached hydrogens (tertiary/aromatic N) is 2. The highest BCUT2D eigenvalue weighted by molar-refractivity contribution is 6.03. The summed E-state index contributed by atoms with van der Waals surface area (Å²) in [5.41, 5.74) is 8.52. The molecule has 1 amide bonds. The molecule has 0 bridgehead atoms. The van der Waals surface area contributed by atoms with Crippen LogP contribution in [0.15, 0.2) is 54.9 Å². The molecular weight excluding hydrogens is 435 g/mol. The van der Waals surface area contributed by atoms with Gasteiger partial charge in [0, 0.05) is 36.1 Å². The van der Waals surface area contributed by atoms with Gasteiger partial charge in [-0.2, -0.15) is 0 Å². The molecule has 1 aliphatic carbocycles. The van der Waals surface area contributed by atoms with E-state index in [1.165, 1.54) is 30.5 Å². The number of amides is 1. The molecule has 4 atom stereocenters. The van der Waals surface area contributed by atoms with Gasteiger partial charge in [0.05, 0.1) is 23.7 Å². The largest absolute Gasteiger partial charge is 0.391 e. The van der Waals surface area contributed by atoms with E-state index >= 15 is 0 Å². The van der Waals surface area contributed by atoms with Crippen molar-refractivity contribution in [3.8, 4) is 11.3 Å². The summed E-state index contributed by atoms with van der Waals surface area (Å²) in [6.45, 7) is 0. The first-order valence-corrected chi connectivity index (χ1v) is 10.9. The van der Waals surface area contributed by atoms with Crippen molar-refractivity contribution in [1.82, 2.24) is 9.97 Å². The van der Waals surface area contributed by atoms with Gasteiger partial charge < -0.3 is 27.0 Å². The zero-order valence-corrected chi connectivity index (χ0v) is 18.3. The van der Waals surface area contributed by atoms with E-state index < -0.39 is 23.9 Å². The standard InChI is InChI=1S/C25H25FN6O2/c26-19-5-4-14(11-27)8-18(19)21-2-1-3-22(31-21)25(34)32-23-13-30-7-6-17(23)15-9-16(12-28)24(33)20(29)10-15/h1-8,11-13,15-16,20,24,27-28,33H,9-10,29H2,(H,32,34)/t15-,16-,20-,24+/m1/s1. The van der Waals surface area contributed by atoms with Gasteiger partial charge in [-0.15, -0.1) is 0 Å². The van der Waals surface area contributed by atoms with Gasteiger partial charge in [0.1, 0.15) is 11.5 Å². The number of hydrogen-bond acceptors (Lipinski definition) is 7. The predicted molar refractivity (Wildman–Crippen MR) is 128 cm³/mol. The Hall–Kier alpha value is -3.82. The quantitative estimate of drug-likeness (QED) is 0.358. The van der Waals surface area contributed by atoms with E-state index in [2.05, 4.69) is 15.3 Å². The molecule has 6 N–H and O–H groups in total. The fourth-order valence-corrected chi connectivity index (χ4v) is 4.36. The summed E-state index contributed by atoms with van der Waals surface area (Å²) >= 11 is 0. The Morgan fingerprint density at radius 3 is 2.79 bits per heavy atom. The lowest BCUT2D eigenvalue weighted by molar-refractivity contribution is 0.0744. The van der Waals surface area contributed by atoms with Crippen LogP contribution in [-0.4, -0.2) is 45.6 Å². The van der Waals surface area contributed by atoms with Crippen molar-refractivity contribution in [3.05, 3.63) is 77.5 Å². The first-order valence-electron chi connectivity index (χ1n) is 10.9. The number of aliphatic hydroxyl groups excluding tert-OH is 1. The Kier molecular flexibility index (Phi) is 6.85. The molecule has 2 aromatic heterocycles. The van der Waals surface area contributed by atoms with Crippen molar-refractivity contribution >= 4 is 24.0 Å². The van der Waals surface area contributed by atoms with Crippen molar-refractivity contribution in [2.75, 3.05) is 5.32 Å². The summed E-state index contributed by atoms with van der Waals surface area (Å²) in [5, 5.41) is 28.1. The molecule has 1 aliphatic rings. The van der Waals surface area contributed by atoms with E-state index in [9.17, 15) is 14.3 Å². The molecule has 9 heteroatoms. The van der Waals surface area contributed by atoms with Crippen LogP contribution in [0.2, 0.25) is 0 Å². The van der Waals surface area contributed by atoms with Gasteiger partial charge in [-0.3, -0.25) is 9.78 Å². The molecule has 8 nitrogen and oxygen atoms in total. The van der Waals surface area contributed by atoms with Gasteiger partial charge in [0.2, 0.25) is 0 Å². The minimum Gasteiger partial charge on any atom is -0.391 e. The number of halogens is 1. The van der Waals surface area contributed by atoms with Crippen molar-refractivity contribution in [2.45, 2.75) is 30.9 Å². The first-order chi connectivity index (χ1) is 16.4. The molecular formula is C25H25FN6O2. The van der Waals surface area contributed by atoms with Gasteiger partial charge in [-0.05, 0) is 60.2 Å². The Morgan fingerprint density at radius 2 is 2.03 bits per heavy atom. The van der Waals surface area contributed by atoms with Gasteiger partial charge >= 0.3 is 0 Å². The van der Waals surface area contributed by atoms with Crippen molar-refractivity contribution in [1.29, 1.82) is 10.8 Å². The maximum Gasteiger partial charge on any atom is 0.274 e. The molecule has 3 aromatic rings. The summed E-state index contributed by atoms with van der Waals surface area (Å²) in [7, 11) is 0. The number of hydrogen-bond donors (Lipinski definition) is 5. The molecule has 1 aromatic carbocycles. The Balaban J connectivity index is 1.60. The Morgan fingerprint density at radius 1 is 1.21 bits per heavy atom. The average Bonchev–Trinajstić information content (AvgIpc) is 2.86. The molecule has 0 unspecified atom stereocenters. The summed E-state index contributed by atoms with van der Waals surface area (Å²) in [4.78, 5) is 21.5. The van der Waals surface area contributed by atoms with Crippen molar-refractivity contribution in [2.24, 2.45) is 11.7 Å². The number of aliphatic hydroxyl groups is 1. The maximum absolute atomic E-state index is 14.4. The second-order valence-corrected chi connectivity index (χ2v) is 8.36. The van der Waals surface area contributed by atoms with E-state index in [1.807, 2.05) is 0 Å². The van der Waals surface area contributed by atoms with Crippen LogP contribution in [0, 0.1) is 22.6 Å². The highest BCUT2D eigenvalue weighted by atomic mass is 19.1. The molecule has 4 rings (SSSR count). The maximum atomic E-state index is 14.4. The number of pyridine rings is 2. The van der Waals surface area contributed by atoms with E-state index in [0.29, 0.717) is 24.1 Å². The van der Waals surface area contributed by atoms with Crippen LogP contribution in [0.5, 0.6) is 0 Å². The molecule has 1 fully saturated rings. The third-order valence-corrected chi connectivity index (χ3v) is 6.16. The van der Waals surface area contributed by atoms with Crippen LogP contribution in [-0.2, 0) is 0 Å². The average molecular weight is 461 g/mol. The lowest BCUT2D eigenvalue weighted by Crippen LogP contribution is -2.46. The summed E-state index contributed by atoms with van der Waals surface area (Å²) in [6, 6.07) is 10.3. The number of rotatable bonds is 6. The molecule has 0 saturated heterocycles. The van der Waals surface area contributed by atoms with Gasteiger partial charge in [0.15, 0.2) is 0 Å². The normalized spacial score (nSPS) is 22.1. The zero-order chi connectivity index (χ0) is 24.2. The number of nitrogens with one attached hydrogen (secondary N) is 3. The van der Waals surface area contributed by atoms with Crippen molar-refractivity contribution < 1.29 is 14.3 Å². The highest BCUT2D eigenvalue weighted by Crippen LogP contribution is 2.38. The van der Waals surface area contributed by atoms with Gasteiger partial charge in [-0.1, -0.05) is 12.1 Å².